The zero-order valence-corrected chi connectivity index (χ0v) is 11.8. The minimum absolute atomic E-state index is 0.0975. The molecule has 0 aliphatic heterocycles. The first-order chi connectivity index (χ1) is 9.51. The van der Waals surface area contributed by atoms with E-state index in [4.69, 9.17) is 4.74 Å². The number of aliphatic hydroxyl groups excluding tert-OH is 1. The summed E-state index contributed by atoms with van der Waals surface area (Å²) in [6.45, 7) is 3.84. The topological polar surface area (TPSA) is 64.3 Å². The van der Waals surface area contributed by atoms with E-state index in [-0.39, 0.29) is 12.1 Å². The highest BCUT2D eigenvalue weighted by Crippen LogP contribution is 2.26. The molecule has 0 aliphatic carbocycles. The third-order valence-electron chi connectivity index (χ3n) is 3.09. The van der Waals surface area contributed by atoms with E-state index >= 15 is 0 Å². The number of aromatic nitrogens is 2. The summed E-state index contributed by atoms with van der Waals surface area (Å²) in [4.78, 5) is 11.7. The molecule has 2 aromatic rings. The molecule has 1 N–H and O–H groups in total. The Bertz CT molecular complexity index is 664. The lowest BCUT2D eigenvalue weighted by Gasteiger charge is -2.16. The molecule has 0 aliphatic rings. The number of hydrogen-bond acceptors (Lipinski definition) is 4. The average molecular weight is 274 g/mol. The molecule has 5 nitrogen and oxygen atoms in total. The second kappa shape index (κ2) is 5.88. The summed E-state index contributed by atoms with van der Waals surface area (Å²) >= 11 is 0. The lowest BCUT2D eigenvalue weighted by Crippen LogP contribution is -2.25. The first-order valence-electron chi connectivity index (χ1n) is 6.38. The largest absolute Gasteiger partial charge is 0.496 e. The SMILES string of the molecule is COc1ccc(C)cc1C(O)Cn1nc(C)ccc1=O. The van der Waals surface area contributed by atoms with Crippen molar-refractivity contribution in [3.63, 3.8) is 0 Å². The summed E-state index contributed by atoms with van der Waals surface area (Å²) in [6, 6.07) is 8.66. The number of aliphatic hydroxyl groups is 1. The van der Waals surface area contributed by atoms with Crippen molar-refractivity contribution in [1.29, 1.82) is 0 Å². The van der Waals surface area contributed by atoms with Gasteiger partial charge in [-0.25, -0.2) is 4.68 Å². The van der Waals surface area contributed by atoms with Crippen molar-refractivity contribution >= 4 is 0 Å². The number of aryl methyl sites for hydroxylation is 2. The fourth-order valence-corrected chi connectivity index (χ4v) is 2.06. The smallest absolute Gasteiger partial charge is 0.266 e. The highest BCUT2D eigenvalue weighted by atomic mass is 16.5. The summed E-state index contributed by atoms with van der Waals surface area (Å²) < 4.78 is 6.51. The van der Waals surface area contributed by atoms with Crippen molar-refractivity contribution in [2.45, 2.75) is 26.5 Å². The minimum atomic E-state index is -0.850. The maximum Gasteiger partial charge on any atom is 0.266 e. The van der Waals surface area contributed by atoms with Crippen molar-refractivity contribution in [1.82, 2.24) is 9.78 Å². The fraction of sp³-hybridized carbons (Fsp3) is 0.333. The summed E-state index contributed by atoms with van der Waals surface area (Å²) in [5.74, 6) is 0.601. The Kier molecular flexibility index (Phi) is 4.20. The monoisotopic (exact) mass is 274 g/mol. The van der Waals surface area contributed by atoms with Crippen LogP contribution in [-0.4, -0.2) is 22.0 Å². The van der Waals surface area contributed by atoms with E-state index in [1.54, 1.807) is 26.2 Å². The molecule has 1 heterocycles. The molecule has 0 saturated carbocycles. The van der Waals surface area contributed by atoms with E-state index in [0.29, 0.717) is 11.3 Å². The Balaban J connectivity index is 2.32. The van der Waals surface area contributed by atoms with E-state index in [2.05, 4.69) is 5.10 Å². The third-order valence-corrected chi connectivity index (χ3v) is 3.09. The highest BCUT2D eigenvalue weighted by Gasteiger charge is 2.15. The fourth-order valence-electron chi connectivity index (χ4n) is 2.06. The summed E-state index contributed by atoms with van der Waals surface area (Å²) in [7, 11) is 1.55. The van der Waals surface area contributed by atoms with E-state index in [9.17, 15) is 9.90 Å². The summed E-state index contributed by atoms with van der Waals surface area (Å²) in [5.41, 5.74) is 2.17. The predicted octanol–water partition coefficient (Wildman–Crippen LogP) is 1.60. The Morgan fingerprint density at radius 2 is 2.05 bits per heavy atom. The molecule has 1 aromatic heterocycles. The molecule has 0 saturated heterocycles. The van der Waals surface area contributed by atoms with Crippen LogP contribution in [0, 0.1) is 13.8 Å². The van der Waals surface area contributed by atoms with Gasteiger partial charge in [0.05, 0.1) is 19.3 Å². The molecule has 0 amide bonds. The molecule has 1 aromatic carbocycles. The Morgan fingerprint density at radius 1 is 1.30 bits per heavy atom. The van der Waals surface area contributed by atoms with E-state index in [1.165, 1.54) is 10.7 Å². The average Bonchev–Trinajstić information content (AvgIpc) is 2.42. The minimum Gasteiger partial charge on any atom is -0.496 e. The lowest BCUT2D eigenvalue weighted by atomic mass is 10.1. The van der Waals surface area contributed by atoms with E-state index < -0.39 is 6.10 Å². The van der Waals surface area contributed by atoms with Crippen molar-refractivity contribution in [2.24, 2.45) is 0 Å². The molecular weight excluding hydrogens is 256 g/mol. The molecule has 1 unspecified atom stereocenters. The van der Waals surface area contributed by atoms with Gasteiger partial charge in [0.25, 0.3) is 5.56 Å². The van der Waals surface area contributed by atoms with Crippen molar-refractivity contribution in [3.05, 3.63) is 57.5 Å². The normalized spacial score (nSPS) is 12.2. The molecule has 106 valence electrons. The Morgan fingerprint density at radius 3 is 2.75 bits per heavy atom. The van der Waals surface area contributed by atoms with Gasteiger partial charge in [0.2, 0.25) is 0 Å². The number of rotatable bonds is 4. The van der Waals surface area contributed by atoms with Gasteiger partial charge in [-0.3, -0.25) is 4.79 Å². The van der Waals surface area contributed by atoms with Crippen LogP contribution in [0.15, 0.2) is 35.1 Å². The van der Waals surface area contributed by atoms with Gasteiger partial charge in [-0.1, -0.05) is 11.6 Å². The molecule has 0 spiro atoms. The highest BCUT2D eigenvalue weighted by molar-refractivity contribution is 5.38. The van der Waals surface area contributed by atoms with Crippen LogP contribution in [0.25, 0.3) is 0 Å². The molecular formula is C15H18N2O3. The van der Waals surface area contributed by atoms with E-state index in [0.717, 1.165) is 11.3 Å². The van der Waals surface area contributed by atoms with Gasteiger partial charge < -0.3 is 9.84 Å². The summed E-state index contributed by atoms with van der Waals surface area (Å²) in [6.07, 6.45) is -0.850. The number of ether oxygens (including phenoxy) is 1. The molecule has 0 bridgehead atoms. The summed E-state index contributed by atoms with van der Waals surface area (Å²) in [5, 5.41) is 14.5. The predicted molar refractivity (Wildman–Crippen MR) is 75.9 cm³/mol. The van der Waals surface area contributed by atoms with Gasteiger partial charge in [-0.05, 0) is 32.0 Å². The van der Waals surface area contributed by atoms with Gasteiger partial charge in [-0.2, -0.15) is 5.10 Å². The van der Waals surface area contributed by atoms with Gasteiger partial charge in [0.15, 0.2) is 0 Å². The van der Waals surface area contributed by atoms with Gasteiger partial charge in [0, 0.05) is 11.6 Å². The molecule has 1 atom stereocenters. The van der Waals surface area contributed by atoms with Gasteiger partial charge in [-0.15, -0.1) is 0 Å². The molecule has 0 radical (unpaired) electrons. The first kappa shape index (κ1) is 14.3. The Hall–Kier alpha value is -2.14. The second-order valence-electron chi connectivity index (χ2n) is 4.76. The number of methoxy groups -OCH3 is 1. The third kappa shape index (κ3) is 3.05. The van der Waals surface area contributed by atoms with Gasteiger partial charge >= 0.3 is 0 Å². The van der Waals surface area contributed by atoms with Crippen molar-refractivity contribution < 1.29 is 9.84 Å². The van der Waals surface area contributed by atoms with Crippen LogP contribution < -0.4 is 10.3 Å². The zero-order valence-electron chi connectivity index (χ0n) is 11.8. The van der Waals surface area contributed by atoms with Crippen molar-refractivity contribution in [2.75, 3.05) is 7.11 Å². The molecule has 5 heteroatoms. The maximum atomic E-state index is 11.7. The maximum absolute atomic E-state index is 11.7. The molecule has 0 fully saturated rings. The quantitative estimate of drug-likeness (QED) is 0.919. The number of nitrogens with zero attached hydrogens (tertiary/aromatic N) is 2. The Labute approximate surface area is 117 Å². The van der Waals surface area contributed by atoms with Crippen LogP contribution in [-0.2, 0) is 6.54 Å². The van der Waals surface area contributed by atoms with Crippen molar-refractivity contribution in [3.8, 4) is 5.75 Å². The van der Waals surface area contributed by atoms with Gasteiger partial charge in [0.1, 0.15) is 11.9 Å². The number of benzene rings is 1. The van der Waals surface area contributed by atoms with Crippen LogP contribution in [0.3, 0.4) is 0 Å². The van der Waals surface area contributed by atoms with Crippen LogP contribution in [0.4, 0.5) is 0 Å². The van der Waals surface area contributed by atoms with E-state index in [1.807, 2.05) is 19.1 Å². The van der Waals surface area contributed by atoms with Crippen LogP contribution >= 0.6 is 0 Å². The van der Waals surface area contributed by atoms with Crippen LogP contribution in [0.1, 0.15) is 22.9 Å². The number of hydrogen-bond donors (Lipinski definition) is 1. The van der Waals surface area contributed by atoms with Crippen LogP contribution in [0.2, 0.25) is 0 Å². The molecule has 20 heavy (non-hydrogen) atoms. The van der Waals surface area contributed by atoms with Crippen LogP contribution in [0.5, 0.6) is 5.75 Å². The lowest BCUT2D eigenvalue weighted by molar-refractivity contribution is 0.145. The zero-order chi connectivity index (χ0) is 14.7. The standard InChI is InChI=1S/C15H18N2O3/c1-10-4-6-14(20-3)12(8-10)13(18)9-17-15(19)7-5-11(2)16-17/h4-8,13,18H,9H2,1-3H3. The first-order valence-corrected chi connectivity index (χ1v) is 6.38. The second-order valence-corrected chi connectivity index (χ2v) is 4.76. The molecule has 2 rings (SSSR count).